The number of hydrogen-bond acceptors (Lipinski definition) is 4. The van der Waals surface area contributed by atoms with Crippen molar-refractivity contribution >= 4 is 39.8 Å². The third-order valence-corrected chi connectivity index (χ3v) is 5.08. The molecule has 0 atom stereocenters. The average molecular weight is 422 g/mol. The van der Waals surface area contributed by atoms with Crippen LogP contribution in [-0.4, -0.2) is 18.1 Å². The maximum absolute atomic E-state index is 14.0. The van der Waals surface area contributed by atoms with Crippen molar-refractivity contribution in [2.45, 2.75) is 6.92 Å². The predicted molar refractivity (Wildman–Crippen MR) is 115 cm³/mol. The molecule has 150 valence electrons. The van der Waals surface area contributed by atoms with Crippen LogP contribution in [0.3, 0.4) is 0 Å². The van der Waals surface area contributed by atoms with E-state index < -0.39 is 11.6 Å². The second-order valence-electron chi connectivity index (χ2n) is 6.88. The lowest BCUT2D eigenvalue weighted by Gasteiger charge is -2.07. The van der Waals surface area contributed by atoms with E-state index in [0.29, 0.717) is 32.8 Å². The molecule has 1 aromatic heterocycles. The molecule has 1 N–H and O–H groups in total. The van der Waals surface area contributed by atoms with Crippen molar-refractivity contribution < 1.29 is 18.4 Å². The zero-order chi connectivity index (χ0) is 21.3. The lowest BCUT2D eigenvalue weighted by atomic mass is 10.0. The van der Waals surface area contributed by atoms with Gasteiger partial charge in [0.1, 0.15) is 11.4 Å². The molecule has 0 saturated heterocycles. The molecule has 0 aliphatic rings. The van der Waals surface area contributed by atoms with Crippen molar-refractivity contribution in [1.82, 2.24) is 0 Å². The summed E-state index contributed by atoms with van der Waals surface area (Å²) in [6.45, 7) is 1.58. The number of Topliss-reactive ketones (excluding diaryl/α,β-unsaturated/α-hetero) is 1. The van der Waals surface area contributed by atoms with E-state index >= 15 is 0 Å². The fourth-order valence-corrected chi connectivity index (χ4v) is 3.28. The zero-order valence-corrected chi connectivity index (χ0v) is 16.8. The molecule has 0 radical (unpaired) electrons. The van der Waals surface area contributed by atoms with Gasteiger partial charge in [0.15, 0.2) is 11.5 Å². The van der Waals surface area contributed by atoms with E-state index in [0.717, 1.165) is 0 Å². The van der Waals surface area contributed by atoms with Gasteiger partial charge in [-0.1, -0.05) is 35.9 Å². The number of furan rings is 1. The molecule has 6 heteroatoms. The minimum atomic E-state index is -0.468. The van der Waals surface area contributed by atoms with Gasteiger partial charge in [0, 0.05) is 21.5 Å². The third kappa shape index (κ3) is 3.84. The van der Waals surface area contributed by atoms with Gasteiger partial charge in [-0.2, -0.15) is 0 Å². The number of ketones is 2. The van der Waals surface area contributed by atoms with Crippen LogP contribution in [0.4, 0.5) is 10.1 Å². The molecular formula is C24H17ClFNO3. The topological polar surface area (TPSA) is 59.3 Å². The van der Waals surface area contributed by atoms with Gasteiger partial charge in [0.25, 0.3) is 0 Å². The smallest absolute Gasteiger partial charge is 0.230 e. The van der Waals surface area contributed by atoms with E-state index in [1.165, 1.54) is 6.07 Å². The summed E-state index contributed by atoms with van der Waals surface area (Å²) in [5.41, 5.74) is 2.01. The van der Waals surface area contributed by atoms with E-state index in [9.17, 15) is 14.0 Å². The van der Waals surface area contributed by atoms with Crippen LogP contribution in [0.2, 0.25) is 5.02 Å². The summed E-state index contributed by atoms with van der Waals surface area (Å²) >= 11 is 5.87. The Morgan fingerprint density at radius 1 is 1.00 bits per heavy atom. The summed E-state index contributed by atoms with van der Waals surface area (Å²) in [6.07, 6.45) is 0. The molecule has 4 rings (SSSR count). The molecule has 0 spiro atoms. The van der Waals surface area contributed by atoms with Gasteiger partial charge in [-0.3, -0.25) is 9.59 Å². The Bertz CT molecular complexity index is 1260. The number of carbonyl (C=O) groups is 2. The molecule has 3 aromatic carbocycles. The molecule has 0 saturated carbocycles. The fourth-order valence-electron chi connectivity index (χ4n) is 3.15. The number of carbonyl (C=O) groups excluding carboxylic acids is 2. The fraction of sp³-hybridized carbons (Fsp3) is 0.0833. The van der Waals surface area contributed by atoms with Crippen molar-refractivity contribution in [3.63, 3.8) is 0 Å². The molecule has 4 nitrogen and oxygen atoms in total. The van der Waals surface area contributed by atoms with Gasteiger partial charge >= 0.3 is 0 Å². The third-order valence-electron chi connectivity index (χ3n) is 4.83. The van der Waals surface area contributed by atoms with Crippen molar-refractivity contribution in [3.05, 3.63) is 100 Å². The molecule has 0 bridgehead atoms. The first-order valence-electron chi connectivity index (χ1n) is 9.29. The number of fused-ring (bicyclic) bond motifs is 1. The van der Waals surface area contributed by atoms with Crippen LogP contribution < -0.4 is 5.32 Å². The SMILES string of the molecule is Cc1ccc(C(=O)c2oc3ccccc3c2NCC(=O)c2ccc(Cl)cc2)cc1F. The summed E-state index contributed by atoms with van der Waals surface area (Å²) in [7, 11) is 0. The first kappa shape index (κ1) is 19.9. The van der Waals surface area contributed by atoms with Crippen molar-refractivity contribution in [1.29, 1.82) is 0 Å². The predicted octanol–water partition coefficient (Wildman–Crippen LogP) is 6.06. The highest BCUT2D eigenvalue weighted by Crippen LogP contribution is 2.32. The number of benzene rings is 3. The molecule has 30 heavy (non-hydrogen) atoms. The summed E-state index contributed by atoms with van der Waals surface area (Å²) < 4.78 is 19.8. The highest BCUT2D eigenvalue weighted by molar-refractivity contribution is 6.30. The number of nitrogens with one attached hydrogen (secondary N) is 1. The van der Waals surface area contributed by atoms with E-state index in [2.05, 4.69) is 5.32 Å². The van der Waals surface area contributed by atoms with Crippen LogP contribution in [0, 0.1) is 12.7 Å². The Labute approximate surface area is 177 Å². The lowest BCUT2D eigenvalue weighted by Crippen LogP contribution is -2.15. The highest BCUT2D eigenvalue weighted by Gasteiger charge is 2.23. The van der Waals surface area contributed by atoms with Crippen molar-refractivity contribution in [2.24, 2.45) is 0 Å². The number of para-hydroxylation sites is 1. The number of rotatable bonds is 6. The second kappa shape index (κ2) is 8.13. The van der Waals surface area contributed by atoms with Gasteiger partial charge in [-0.05, 0) is 55.0 Å². The van der Waals surface area contributed by atoms with E-state index in [-0.39, 0.29) is 23.7 Å². The maximum atomic E-state index is 14.0. The van der Waals surface area contributed by atoms with Crippen LogP contribution in [0.15, 0.2) is 71.1 Å². The summed E-state index contributed by atoms with van der Waals surface area (Å²) in [5, 5.41) is 4.24. The van der Waals surface area contributed by atoms with Crippen LogP contribution >= 0.6 is 11.6 Å². The van der Waals surface area contributed by atoms with E-state index in [1.807, 2.05) is 6.07 Å². The number of aryl methyl sites for hydroxylation is 1. The molecular weight excluding hydrogens is 405 g/mol. The van der Waals surface area contributed by atoms with E-state index in [1.54, 1.807) is 61.5 Å². The molecule has 4 aromatic rings. The Kier molecular flexibility index (Phi) is 5.38. The normalized spacial score (nSPS) is 10.9. The molecule has 0 aliphatic carbocycles. The summed E-state index contributed by atoms with van der Waals surface area (Å²) in [4.78, 5) is 25.6. The van der Waals surface area contributed by atoms with Crippen molar-refractivity contribution in [3.8, 4) is 0 Å². The van der Waals surface area contributed by atoms with Gasteiger partial charge < -0.3 is 9.73 Å². The molecule has 0 unspecified atom stereocenters. The number of anilines is 1. The van der Waals surface area contributed by atoms with Crippen LogP contribution in [0.25, 0.3) is 11.0 Å². The zero-order valence-electron chi connectivity index (χ0n) is 16.0. The Hall–Kier alpha value is -3.44. The lowest BCUT2D eigenvalue weighted by molar-refractivity contribution is 0.0997. The number of hydrogen-bond donors (Lipinski definition) is 1. The van der Waals surface area contributed by atoms with Gasteiger partial charge in [-0.15, -0.1) is 0 Å². The van der Waals surface area contributed by atoms with Gasteiger partial charge in [0.05, 0.1) is 12.2 Å². The van der Waals surface area contributed by atoms with Crippen LogP contribution in [0.5, 0.6) is 0 Å². The number of halogens is 2. The summed E-state index contributed by atoms with van der Waals surface area (Å²) in [5.74, 6) is -1.07. The van der Waals surface area contributed by atoms with Crippen LogP contribution in [0.1, 0.15) is 32.0 Å². The summed E-state index contributed by atoms with van der Waals surface area (Å²) in [6, 6.07) is 18.0. The quantitative estimate of drug-likeness (QED) is 0.384. The minimum Gasteiger partial charge on any atom is -0.450 e. The molecule has 1 heterocycles. The van der Waals surface area contributed by atoms with Gasteiger partial charge in [0.2, 0.25) is 5.78 Å². The molecule has 0 aliphatic heterocycles. The highest BCUT2D eigenvalue weighted by atomic mass is 35.5. The van der Waals surface area contributed by atoms with Crippen LogP contribution in [-0.2, 0) is 0 Å². The van der Waals surface area contributed by atoms with Crippen molar-refractivity contribution in [2.75, 3.05) is 11.9 Å². The second-order valence-corrected chi connectivity index (χ2v) is 7.32. The maximum Gasteiger partial charge on any atom is 0.230 e. The van der Waals surface area contributed by atoms with E-state index in [4.69, 9.17) is 16.0 Å². The monoisotopic (exact) mass is 421 g/mol. The molecule has 0 fully saturated rings. The standard InChI is InChI=1S/C24H17ClFNO3/c1-14-6-7-16(12-19(14)26)23(29)24-22(18-4-2-3-5-21(18)30-24)27-13-20(28)15-8-10-17(25)11-9-15/h2-12,27H,13H2,1H3. The minimum absolute atomic E-state index is 0.0309. The van der Waals surface area contributed by atoms with Gasteiger partial charge in [-0.25, -0.2) is 4.39 Å². The average Bonchev–Trinajstić information content (AvgIpc) is 3.12. The first-order chi connectivity index (χ1) is 14.4. The Morgan fingerprint density at radius 2 is 1.70 bits per heavy atom. The first-order valence-corrected chi connectivity index (χ1v) is 9.67. The molecule has 0 amide bonds. The Balaban J connectivity index is 1.68. The largest absolute Gasteiger partial charge is 0.450 e. The Morgan fingerprint density at radius 3 is 2.43 bits per heavy atom.